The Morgan fingerprint density at radius 2 is 1.42 bits per heavy atom. The topological polar surface area (TPSA) is 275 Å². The largest absolute Gasteiger partial charge is 0.379 e. The minimum absolute atomic E-state index is 0.0228. The summed E-state index contributed by atoms with van der Waals surface area (Å²) in [6.45, 7) is 17.8. The van der Waals surface area contributed by atoms with Crippen LogP contribution in [0.3, 0.4) is 0 Å². The van der Waals surface area contributed by atoms with Gasteiger partial charge >= 0.3 is 0 Å². The van der Waals surface area contributed by atoms with Gasteiger partial charge in [-0.3, -0.25) is 38.4 Å². The second kappa shape index (κ2) is 34.9. The Hall–Kier alpha value is -5.17. The van der Waals surface area contributed by atoms with Crippen molar-refractivity contribution in [3.63, 3.8) is 0 Å². The standard InChI is InChI=1S/C56H91N7O15S/c1-12-39(6)50(62(9)56(71)48(37(2)3)59-55(70)49(38(4)5)61(8)26-30-77-32-34-78-33-31-76-29-24-57-53(68)42(22-27-64)23-28-65)46(74-10)36-47(66)63-25-16-19-45(63)51(75-11)40(7)52(67)58-44(35-41-17-14-13-15-18-41)54(69)60-79(72,73)43-20-21-43/h13-15,17-18,27-28,37,39-40,42-46,48-51H,4,12,16,19-26,29-36H2,1-3,5-11H3,(H,57,68)(H,58,67)(H,59,70)(H,60,69)/t39-,40+,44-,45-,46+,48-,49-,50-,51+/m0/s1. The summed E-state index contributed by atoms with van der Waals surface area (Å²) in [5.41, 5.74) is 1.28. The molecule has 22 nitrogen and oxygen atoms in total. The Bertz CT molecular complexity index is 2230. The summed E-state index contributed by atoms with van der Waals surface area (Å²) in [5.74, 6) is -4.82. The minimum atomic E-state index is -3.90. The van der Waals surface area contributed by atoms with Gasteiger partial charge in [-0.05, 0) is 57.1 Å². The number of benzene rings is 1. The van der Waals surface area contributed by atoms with Crippen molar-refractivity contribution in [3.05, 3.63) is 48.0 Å². The molecule has 3 rings (SSSR count). The quantitative estimate of drug-likeness (QED) is 0.0417. The lowest BCUT2D eigenvalue weighted by molar-refractivity contribution is -0.148. The molecule has 2 fully saturated rings. The molecule has 2 aliphatic rings. The predicted molar refractivity (Wildman–Crippen MR) is 297 cm³/mol. The van der Waals surface area contributed by atoms with E-state index in [9.17, 15) is 46.8 Å². The number of methoxy groups -OCH3 is 2. The highest BCUT2D eigenvalue weighted by molar-refractivity contribution is 7.90. The maximum absolute atomic E-state index is 14.7. The first-order chi connectivity index (χ1) is 37.6. The van der Waals surface area contributed by atoms with Gasteiger partial charge in [-0.1, -0.05) is 83.5 Å². The monoisotopic (exact) mass is 1130 g/mol. The molecule has 446 valence electrons. The number of carbonyl (C=O) groups excluding carboxylic acids is 8. The maximum atomic E-state index is 14.7. The third-order valence-electron chi connectivity index (χ3n) is 14.8. The number of aldehydes is 2. The first-order valence-corrected chi connectivity index (χ1v) is 29.2. The highest BCUT2D eigenvalue weighted by Crippen LogP contribution is 2.31. The van der Waals surface area contributed by atoms with Crippen molar-refractivity contribution in [1.82, 2.24) is 35.4 Å². The molecule has 0 radical (unpaired) electrons. The molecule has 79 heavy (non-hydrogen) atoms. The van der Waals surface area contributed by atoms with E-state index in [1.807, 2.05) is 33.8 Å². The Labute approximate surface area is 468 Å². The van der Waals surface area contributed by atoms with Gasteiger partial charge in [0, 0.05) is 60.2 Å². The molecule has 1 aromatic carbocycles. The lowest BCUT2D eigenvalue weighted by Gasteiger charge is -2.41. The fraction of sp³-hybridized carbons (Fsp3) is 0.714. The molecule has 1 saturated carbocycles. The average Bonchev–Trinajstić information content (AvgIpc) is 4.23. The predicted octanol–water partition coefficient (Wildman–Crippen LogP) is 2.22. The number of nitrogens with one attached hydrogen (secondary N) is 4. The molecule has 1 saturated heterocycles. The van der Waals surface area contributed by atoms with Crippen LogP contribution in [0.15, 0.2) is 42.5 Å². The van der Waals surface area contributed by atoms with E-state index >= 15 is 0 Å². The first kappa shape index (κ1) is 68.1. The summed E-state index contributed by atoms with van der Waals surface area (Å²) in [5, 5.41) is 7.80. The molecular weight excluding hydrogens is 1040 g/mol. The van der Waals surface area contributed by atoms with Crippen LogP contribution < -0.4 is 20.7 Å². The van der Waals surface area contributed by atoms with Gasteiger partial charge in [0.15, 0.2) is 0 Å². The van der Waals surface area contributed by atoms with Crippen molar-refractivity contribution in [2.75, 3.05) is 87.6 Å². The second-order valence-corrected chi connectivity index (χ2v) is 23.1. The van der Waals surface area contributed by atoms with Crippen LogP contribution in [-0.2, 0) is 78.5 Å². The Kier molecular flexibility index (Phi) is 30.0. The number of likely N-dealkylation sites (N-methyl/N-ethyl adjacent to an activating group) is 2. The van der Waals surface area contributed by atoms with Crippen LogP contribution in [0.4, 0.5) is 0 Å². The van der Waals surface area contributed by atoms with E-state index < -0.39 is 87.2 Å². The van der Waals surface area contributed by atoms with Gasteiger partial charge in [-0.15, -0.1) is 0 Å². The van der Waals surface area contributed by atoms with Gasteiger partial charge in [0.05, 0.1) is 87.4 Å². The van der Waals surface area contributed by atoms with Crippen molar-refractivity contribution in [3.8, 4) is 0 Å². The molecule has 1 aliphatic carbocycles. The number of ether oxygens (including phenoxy) is 5. The summed E-state index contributed by atoms with van der Waals surface area (Å²) >= 11 is 0. The van der Waals surface area contributed by atoms with Crippen LogP contribution in [0.25, 0.3) is 0 Å². The van der Waals surface area contributed by atoms with E-state index in [-0.39, 0.29) is 88.2 Å². The average molecular weight is 1130 g/mol. The zero-order valence-corrected chi connectivity index (χ0v) is 49.1. The third kappa shape index (κ3) is 21.7. The molecular formula is C56H91N7O15S. The van der Waals surface area contributed by atoms with E-state index in [1.54, 1.807) is 66.9 Å². The SMILES string of the molecule is C=C(C)[C@@H](C(=O)N[C@H](C(=O)N(C)[C@@H]([C@@H](C)CC)[C@@H](CC(=O)N1CCC[C@H]1[C@H](OC)[C@@H](C)C(=O)N[C@@H](Cc1ccccc1)C(=O)NS(=O)(=O)C1CC1)OC)C(C)C)N(C)CCOCCOCCOCCNC(=O)C(CC=O)CC=O. The van der Waals surface area contributed by atoms with Crippen LogP contribution in [0.2, 0.25) is 0 Å². The molecule has 0 spiro atoms. The Morgan fingerprint density at radius 1 is 0.810 bits per heavy atom. The van der Waals surface area contributed by atoms with Gasteiger partial charge in [-0.25, -0.2) is 8.42 Å². The fourth-order valence-electron chi connectivity index (χ4n) is 9.92. The van der Waals surface area contributed by atoms with Crippen LogP contribution in [-0.4, -0.2) is 206 Å². The van der Waals surface area contributed by atoms with Crippen molar-refractivity contribution >= 4 is 58.0 Å². The number of sulfonamides is 1. The lowest BCUT2D eigenvalue weighted by atomic mass is 9.89. The summed E-state index contributed by atoms with van der Waals surface area (Å²) in [7, 11) is 2.50. The van der Waals surface area contributed by atoms with Gasteiger partial charge < -0.3 is 59.0 Å². The van der Waals surface area contributed by atoms with Crippen molar-refractivity contribution in [2.45, 2.75) is 147 Å². The number of hydrogen-bond acceptors (Lipinski definition) is 16. The van der Waals surface area contributed by atoms with E-state index in [0.29, 0.717) is 76.6 Å². The van der Waals surface area contributed by atoms with Gasteiger partial charge in [0.2, 0.25) is 39.6 Å². The number of hydrogen-bond donors (Lipinski definition) is 4. The van der Waals surface area contributed by atoms with Crippen LogP contribution in [0.5, 0.6) is 0 Å². The second-order valence-electron chi connectivity index (χ2n) is 21.1. The zero-order valence-electron chi connectivity index (χ0n) is 48.3. The molecule has 0 unspecified atom stereocenters. The molecule has 9 atom stereocenters. The van der Waals surface area contributed by atoms with Crippen molar-refractivity contribution in [1.29, 1.82) is 0 Å². The van der Waals surface area contributed by atoms with Gasteiger partial charge in [0.1, 0.15) is 30.7 Å². The highest BCUT2D eigenvalue weighted by Gasteiger charge is 2.44. The summed E-state index contributed by atoms with van der Waals surface area (Å²) in [6, 6.07) is 4.89. The van der Waals surface area contributed by atoms with Gasteiger partial charge in [0.25, 0.3) is 5.91 Å². The molecule has 4 N–H and O–H groups in total. The normalized spacial score (nSPS) is 17.7. The van der Waals surface area contributed by atoms with Gasteiger partial charge in [-0.2, -0.15) is 0 Å². The molecule has 1 aromatic rings. The molecule has 6 amide bonds. The molecule has 1 heterocycles. The van der Waals surface area contributed by atoms with E-state index in [1.165, 1.54) is 14.2 Å². The number of rotatable bonds is 40. The third-order valence-corrected chi connectivity index (χ3v) is 16.6. The number of likely N-dealkylation sites (tertiary alicyclic amines) is 1. The maximum Gasteiger partial charge on any atom is 0.256 e. The molecule has 1 aliphatic heterocycles. The number of nitrogens with zero attached hydrogens (tertiary/aromatic N) is 3. The van der Waals surface area contributed by atoms with E-state index in [2.05, 4.69) is 27.3 Å². The van der Waals surface area contributed by atoms with Crippen LogP contribution >= 0.6 is 0 Å². The van der Waals surface area contributed by atoms with Crippen LogP contribution in [0.1, 0.15) is 98.5 Å². The minimum Gasteiger partial charge on any atom is -0.379 e. The molecule has 0 aromatic heterocycles. The fourth-order valence-corrected chi connectivity index (χ4v) is 11.3. The van der Waals surface area contributed by atoms with E-state index in [0.717, 1.165) is 5.56 Å². The lowest BCUT2D eigenvalue weighted by Crippen LogP contribution is -2.59. The summed E-state index contributed by atoms with van der Waals surface area (Å²) < 4.78 is 56.6. The number of amides is 6. The van der Waals surface area contributed by atoms with Crippen molar-refractivity contribution in [2.24, 2.45) is 23.7 Å². The molecule has 23 heteroatoms. The molecule has 0 bridgehead atoms. The Balaban J connectivity index is 1.61. The highest BCUT2D eigenvalue weighted by atomic mass is 32.2. The number of carbonyl (C=O) groups is 8. The Morgan fingerprint density at radius 3 is 1.96 bits per heavy atom. The van der Waals surface area contributed by atoms with E-state index in [4.69, 9.17) is 23.7 Å². The zero-order chi connectivity index (χ0) is 58.8. The summed E-state index contributed by atoms with van der Waals surface area (Å²) in [4.78, 5) is 109. The first-order valence-electron chi connectivity index (χ1n) is 27.6. The van der Waals surface area contributed by atoms with Crippen LogP contribution in [0, 0.1) is 23.7 Å². The smallest absolute Gasteiger partial charge is 0.256 e. The summed E-state index contributed by atoms with van der Waals surface area (Å²) in [6.07, 6.45) is 2.28. The van der Waals surface area contributed by atoms with Crippen molar-refractivity contribution < 1.29 is 70.5 Å².